The average Bonchev–Trinajstić information content (AvgIpc) is 3.51. The summed E-state index contributed by atoms with van der Waals surface area (Å²) in [6.07, 6.45) is 16.3. The van der Waals surface area contributed by atoms with Gasteiger partial charge < -0.3 is 14.4 Å². The molecule has 3 aliphatic heterocycles. The Hall–Kier alpha value is -4.20. The van der Waals surface area contributed by atoms with Crippen molar-refractivity contribution in [3.8, 4) is 11.5 Å². The van der Waals surface area contributed by atoms with Crippen LogP contribution in [-0.2, 0) is 0 Å². The van der Waals surface area contributed by atoms with Crippen LogP contribution in [-0.4, -0.2) is 66.6 Å². The number of rotatable bonds is 16. The molecule has 0 aromatic heterocycles. The van der Waals surface area contributed by atoms with Crippen molar-refractivity contribution in [1.29, 1.82) is 0 Å². The molecule has 6 rings (SSSR count). The van der Waals surface area contributed by atoms with Crippen LogP contribution in [0.15, 0.2) is 53.5 Å². The Morgan fingerprint density at radius 1 is 0.739 bits per heavy atom. The molecule has 0 spiro atoms. The van der Waals surface area contributed by atoms with Crippen molar-refractivity contribution in [2.24, 2.45) is 4.99 Å². The van der Waals surface area contributed by atoms with Crippen LogP contribution in [0.4, 0.5) is 5.69 Å². The summed E-state index contributed by atoms with van der Waals surface area (Å²) in [4.78, 5) is 47.1. The number of nitrogens with zero attached hydrogens (tertiary/aromatic N) is 3. The molecule has 0 unspecified atom stereocenters. The van der Waals surface area contributed by atoms with Crippen molar-refractivity contribution in [2.75, 3.05) is 26.8 Å². The molecule has 0 aliphatic carbocycles. The molecule has 3 amide bonds. The van der Waals surface area contributed by atoms with Gasteiger partial charge in [0.05, 0.1) is 31.0 Å². The van der Waals surface area contributed by atoms with Crippen LogP contribution in [0.5, 0.6) is 11.5 Å². The van der Waals surface area contributed by atoms with Gasteiger partial charge in [-0.25, -0.2) is 0 Å². The second-order valence-electron chi connectivity index (χ2n) is 12.7. The smallest absolute Gasteiger partial charge is 0.261 e. The quantitative estimate of drug-likeness (QED) is 0.119. The molecule has 3 aliphatic rings. The number of hydrogen-bond donors (Lipinski definition) is 0. The van der Waals surface area contributed by atoms with Gasteiger partial charge in [-0.15, -0.1) is 0 Å². The average molecular weight is 624 g/mol. The molecule has 3 aromatic carbocycles. The Morgan fingerprint density at radius 2 is 1.37 bits per heavy atom. The molecule has 1 atom stereocenters. The molecule has 3 heterocycles. The van der Waals surface area contributed by atoms with E-state index in [0.717, 1.165) is 62.3 Å². The highest BCUT2D eigenvalue weighted by Crippen LogP contribution is 2.38. The molecule has 1 saturated heterocycles. The van der Waals surface area contributed by atoms with Crippen LogP contribution in [0.2, 0.25) is 0 Å². The number of unbranched alkanes of at least 4 members (excludes halogenated alkanes) is 10. The van der Waals surface area contributed by atoms with Crippen molar-refractivity contribution in [1.82, 2.24) is 9.80 Å². The largest absolute Gasteiger partial charge is 0.493 e. The summed E-state index contributed by atoms with van der Waals surface area (Å²) < 4.78 is 11.6. The molecule has 8 nitrogen and oxygen atoms in total. The lowest BCUT2D eigenvalue weighted by molar-refractivity contribution is 0.0607. The van der Waals surface area contributed by atoms with Gasteiger partial charge in [-0.2, -0.15) is 0 Å². The fraction of sp³-hybridized carbons (Fsp3) is 0.474. The standard InChI is InChI=1S/C38H45N3O5/c1-45-33-24-31-32(39-26-28-18-15-22-40(28)38(31)44)25-34(33)46-23-12-10-8-6-4-2-3-5-7-9-11-21-41-36(42)29-19-13-16-27-17-14-20-30(35(27)29)37(41)43/h13-14,16-17,19-20,24-26,28H,2-12,15,18,21-23H2,1H3/t28-/m0/s1. The first-order valence-electron chi connectivity index (χ1n) is 17.1. The van der Waals surface area contributed by atoms with E-state index in [4.69, 9.17) is 9.47 Å². The van der Waals surface area contributed by atoms with E-state index in [9.17, 15) is 14.4 Å². The van der Waals surface area contributed by atoms with E-state index in [1.54, 1.807) is 13.2 Å². The summed E-state index contributed by atoms with van der Waals surface area (Å²) in [5.41, 5.74) is 2.52. The van der Waals surface area contributed by atoms with Gasteiger partial charge >= 0.3 is 0 Å². The minimum Gasteiger partial charge on any atom is -0.493 e. The molecule has 0 N–H and O–H groups in total. The zero-order valence-corrected chi connectivity index (χ0v) is 27.0. The second-order valence-corrected chi connectivity index (χ2v) is 12.7. The topological polar surface area (TPSA) is 88.5 Å². The van der Waals surface area contributed by atoms with E-state index in [1.165, 1.54) is 43.4 Å². The van der Waals surface area contributed by atoms with Crippen LogP contribution >= 0.6 is 0 Å². The van der Waals surface area contributed by atoms with E-state index >= 15 is 0 Å². The maximum absolute atomic E-state index is 13.0. The van der Waals surface area contributed by atoms with Crippen LogP contribution in [0.1, 0.15) is 115 Å². The second kappa shape index (κ2) is 14.9. The van der Waals surface area contributed by atoms with Gasteiger partial charge in [-0.1, -0.05) is 82.1 Å². The van der Waals surface area contributed by atoms with Crippen molar-refractivity contribution < 1.29 is 23.9 Å². The first kappa shape index (κ1) is 31.8. The molecule has 242 valence electrons. The van der Waals surface area contributed by atoms with Gasteiger partial charge in [0.25, 0.3) is 17.7 Å². The highest BCUT2D eigenvalue weighted by molar-refractivity contribution is 6.25. The molecule has 3 aromatic rings. The molecule has 0 bridgehead atoms. The number of carbonyl (C=O) groups is 3. The third-order valence-electron chi connectivity index (χ3n) is 9.60. The minimum atomic E-state index is -0.165. The third kappa shape index (κ3) is 6.81. The summed E-state index contributed by atoms with van der Waals surface area (Å²) in [5.74, 6) is 0.917. The number of hydrogen-bond acceptors (Lipinski definition) is 6. The summed E-state index contributed by atoms with van der Waals surface area (Å²) in [5, 5.41) is 1.74. The van der Waals surface area contributed by atoms with E-state index in [0.29, 0.717) is 47.0 Å². The highest BCUT2D eigenvalue weighted by Gasteiger charge is 2.33. The number of benzene rings is 3. The van der Waals surface area contributed by atoms with Crippen LogP contribution in [0.25, 0.3) is 10.8 Å². The van der Waals surface area contributed by atoms with Crippen LogP contribution in [0.3, 0.4) is 0 Å². The predicted molar refractivity (Wildman–Crippen MR) is 181 cm³/mol. The summed E-state index contributed by atoms with van der Waals surface area (Å²) >= 11 is 0. The van der Waals surface area contributed by atoms with Crippen molar-refractivity contribution in [3.05, 3.63) is 65.2 Å². The van der Waals surface area contributed by atoms with Gasteiger partial charge in [0, 0.05) is 41.9 Å². The zero-order valence-electron chi connectivity index (χ0n) is 27.0. The zero-order chi connectivity index (χ0) is 31.9. The van der Waals surface area contributed by atoms with E-state index in [-0.39, 0.29) is 23.8 Å². The molecule has 1 fully saturated rings. The number of methoxy groups -OCH3 is 1. The predicted octanol–water partition coefficient (Wildman–Crippen LogP) is 8.14. The van der Waals surface area contributed by atoms with Gasteiger partial charge in [0.1, 0.15) is 0 Å². The monoisotopic (exact) mass is 623 g/mol. The van der Waals surface area contributed by atoms with E-state index in [2.05, 4.69) is 4.99 Å². The maximum Gasteiger partial charge on any atom is 0.261 e. The summed E-state index contributed by atoms with van der Waals surface area (Å²) in [7, 11) is 1.61. The Labute approximate surface area is 271 Å². The molecule has 8 heteroatoms. The normalized spacial score (nSPS) is 17.0. The van der Waals surface area contributed by atoms with Gasteiger partial charge in [-0.3, -0.25) is 24.3 Å². The summed E-state index contributed by atoms with van der Waals surface area (Å²) in [6.45, 7) is 1.87. The van der Waals surface area contributed by atoms with Gasteiger partial charge in [0.2, 0.25) is 0 Å². The van der Waals surface area contributed by atoms with Crippen molar-refractivity contribution >= 4 is 40.4 Å². The molecule has 46 heavy (non-hydrogen) atoms. The molecule has 0 saturated carbocycles. The Balaban J connectivity index is 0.816. The number of carbonyl (C=O) groups excluding carboxylic acids is 3. The molecule has 0 radical (unpaired) electrons. The number of amides is 3. The lowest BCUT2D eigenvalue weighted by Gasteiger charge is -2.27. The Morgan fingerprint density at radius 3 is 2.02 bits per heavy atom. The summed E-state index contributed by atoms with van der Waals surface area (Å²) in [6, 6.07) is 15.1. The fourth-order valence-corrected chi connectivity index (χ4v) is 7.05. The van der Waals surface area contributed by atoms with Crippen molar-refractivity contribution in [2.45, 2.75) is 89.5 Å². The SMILES string of the molecule is COc1cc2c(cc1OCCCCCCCCCCCCCN1C(=O)c3cccc4cccc(c34)C1=O)N=C[C@@H]1CCCN1C2=O. The number of fused-ring (bicyclic) bond motifs is 2. The van der Waals surface area contributed by atoms with Crippen LogP contribution in [0, 0.1) is 0 Å². The molecular weight excluding hydrogens is 578 g/mol. The first-order chi connectivity index (χ1) is 22.6. The number of imide groups is 1. The Bertz CT molecular complexity index is 1560. The van der Waals surface area contributed by atoms with Crippen LogP contribution < -0.4 is 9.47 Å². The Kier molecular flexibility index (Phi) is 10.3. The maximum atomic E-state index is 13.0. The van der Waals surface area contributed by atoms with Gasteiger partial charge in [0.15, 0.2) is 11.5 Å². The lowest BCUT2D eigenvalue weighted by Crippen LogP contribution is -2.40. The molecular formula is C38H45N3O5. The third-order valence-corrected chi connectivity index (χ3v) is 9.60. The first-order valence-corrected chi connectivity index (χ1v) is 17.1. The highest BCUT2D eigenvalue weighted by atomic mass is 16.5. The minimum absolute atomic E-state index is 0.0215. The number of ether oxygens (including phenoxy) is 2. The van der Waals surface area contributed by atoms with E-state index < -0.39 is 0 Å². The van der Waals surface area contributed by atoms with Crippen molar-refractivity contribution in [3.63, 3.8) is 0 Å². The van der Waals surface area contributed by atoms with E-state index in [1.807, 2.05) is 53.6 Å². The lowest BCUT2D eigenvalue weighted by atomic mass is 9.94. The van der Waals surface area contributed by atoms with Gasteiger partial charge in [-0.05, 0) is 49.3 Å². The number of aliphatic imine (C=N–C) groups is 1. The fourth-order valence-electron chi connectivity index (χ4n) is 7.05.